The van der Waals surface area contributed by atoms with Crippen molar-refractivity contribution >= 4 is 41.5 Å². The molecular formula is C11H12ClFN2OS. The average molecular weight is 275 g/mol. The summed E-state index contributed by atoms with van der Waals surface area (Å²) in [7, 11) is 0. The lowest BCUT2D eigenvalue weighted by Gasteiger charge is -2.19. The first-order chi connectivity index (χ1) is 8.02. The third kappa shape index (κ3) is 2.35. The van der Waals surface area contributed by atoms with Crippen LogP contribution in [0.5, 0.6) is 0 Å². The van der Waals surface area contributed by atoms with Gasteiger partial charge in [-0.25, -0.2) is 4.39 Å². The van der Waals surface area contributed by atoms with Crippen LogP contribution in [0.25, 0.3) is 0 Å². The second kappa shape index (κ2) is 4.74. The van der Waals surface area contributed by atoms with Crippen LogP contribution in [-0.2, 0) is 4.79 Å². The van der Waals surface area contributed by atoms with Crippen LogP contribution in [0.4, 0.5) is 15.8 Å². The molecule has 0 aliphatic carbocycles. The minimum Gasteiger partial charge on any atom is -0.397 e. The number of nitrogen functional groups attached to an aromatic ring is 1. The minimum absolute atomic E-state index is 0.0292. The number of nitrogens with two attached hydrogens (primary N) is 1. The Balaban J connectivity index is 2.35. The average Bonchev–Trinajstić information content (AvgIpc) is 2.65. The zero-order valence-corrected chi connectivity index (χ0v) is 10.6. The Morgan fingerprint density at radius 2 is 2.29 bits per heavy atom. The number of carbonyl (C=O) groups is 1. The van der Waals surface area contributed by atoms with Gasteiger partial charge >= 0.3 is 0 Å². The van der Waals surface area contributed by atoms with E-state index in [2.05, 4.69) is 12.6 Å². The third-order valence-corrected chi connectivity index (χ3v) is 3.63. The summed E-state index contributed by atoms with van der Waals surface area (Å²) in [6.45, 7) is 0.550. The molecule has 1 heterocycles. The number of hydrogen-bond acceptors (Lipinski definition) is 3. The lowest BCUT2D eigenvalue weighted by molar-refractivity contribution is -0.117. The first-order valence-corrected chi connectivity index (χ1v) is 6.19. The number of thiol groups is 1. The molecule has 0 bridgehead atoms. The minimum atomic E-state index is -0.578. The van der Waals surface area contributed by atoms with Gasteiger partial charge in [0.25, 0.3) is 0 Å². The Morgan fingerprint density at radius 1 is 1.59 bits per heavy atom. The molecule has 6 heteroatoms. The molecule has 3 nitrogen and oxygen atoms in total. The van der Waals surface area contributed by atoms with Gasteiger partial charge in [-0.1, -0.05) is 11.6 Å². The van der Waals surface area contributed by atoms with Gasteiger partial charge in [-0.05, 0) is 17.7 Å². The van der Waals surface area contributed by atoms with Crippen molar-refractivity contribution in [3.05, 3.63) is 23.0 Å². The maximum atomic E-state index is 13.2. The van der Waals surface area contributed by atoms with Crippen molar-refractivity contribution in [2.45, 2.75) is 6.42 Å². The first-order valence-electron chi connectivity index (χ1n) is 5.18. The topological polar surface area (TPSA) is 46.3 Å². The Kier molecular flexibility index (Phi) is 3.49. The molecule has 1 aromatic rings. The van der Waals surface area contributed by atoms with E-state index in [1.165, 1.54) is 6.07 Å². The van der Waals surface area contributed by atoms with Crippen molar-refractivity contribution in [3.8, 4) is 0 Å². The lowest BCUT2D eigenvalue weighted by atomic mass is 10.1. The summed E-state index contributed by atoms with van der Waals surface area (Å²) in [5.41, 5.74) is 6.41. The monoisotopic (exact) mass is 274 g/mol. The van der Waals surface area contributed by atoms with E-state index in [1.54, 1.807) is 4.90 Å². The predicted molar refractivity (Wildman–Crippen MR) is 70.1 cm³/mol. The smallest absolute Gasteiger partial charge is 0.227 e. The molecule has 0 saturated carbocycles. The Hall–Kier alpha value is -0.940. The van der Waals surface area contributed by atoms with Crippen LogP contribution >= 0.6 is 24.2 Å². The van der Waals surface area contributed by atoms with Crippen molar-refractivity contribution in [1.82, 2.24) is 0 Å². The molecule has 2 rings (SSSR count). The zero-order valence-electron chi connectivity index (χ0n) is 8.99. The standard InChI is InChI=1S/C11H12ClFN2OS/c12-7-2-10(9(14)3-8(7)13)15-4-6(5-17)1-11(15)16/h2-3,6,17H,1,4-5,14H2. The van der Waals surface area contributed by atoms with E-state index in [4.69, 9.17) is 17.3 Å². The van der Waals surface area contributed by atoms with Crippen molar-refractivity contribution in [3.63, 3.8) is 0 Å². The maximum absolute atomic E-state index is 13.2. The molecule has 1 aliphatic heterocycles. The molecule has 0 aromatic heterocycles. The molecule has 1 unspecified atom stereocenters. The van der Waals surface area contributed by atoms with Crippen LogP contribution in [0.3, 0.4) is 0 Å². The van der Waals surface area contributed by atoms with Gasteiger partial charge in [-0.15, -0.1) is 0 Å². The second-order valence-corrected chi connectivity index (χ2v) is 4.85. The summed E-state index contributed by atoms with van der Waals surface area (Å²) < 4.78 is 13.2. The van der Waals surface area contributed by atoms with Crippen molar-refractivity contribution in [2.75, 3.05) is 22.9 Å². The number of hydrogen-bond donors (Lipinski definition) is 2. The summed E-state index contributed by atoms with van der Waals surface area (Å²) in [6, 6.07) is 2.53. The number of rotatable bonds is 2. The molecule has 0 spiro atoms. The molecule has 92 valence electrons. The van der Waals surface area contributed by atoms with Gasteiger partial charge in [0.15, 0.2) is 0 Å². The molecule has 17 heavy (non-hydrogen) atoms. The third-order valence-electron chi connectivity index (χ3n) is 2.82. The van der Waals surface area contributed by atoms with E-state index in [0.717, 1.165) is 6.07 Å². The number of anilines is 2. The van der Waals surface area contributed by atoms with E-state index in [9.17, 15) is 9.18 Å². The fourth-order valence-electron chi connectivity index (χ4n) is 1.92. The molecule has 1 aliphatic rings. The van der Waals surface area contributed by atoms with Gasteiger partial charge in [0, 0.05) is 19.0 Å². The van der Waals surface area contributed by atoms with Gasteiger partial charge in [0.1, 0.15) is 5.82 Å². The van der Waals surface area contributed by atoms with E-state index in [0.29, 0.717) is 24.4 Å². The highest BCUT2D eigenvalue weighted by atomic mass is 35.5. The number of carbonyl (C=O) groups excluding carboxylic acids is 1. The number of amides is 1. The van der Waals surface area contributed by atoms with Crippen LogP contribution in [0.1, 0.15) is 6.42 Å². The van der Waals surface area contributed by atoms with E-state index in [1.807, 2.05) is 0 Å². The Morgan fingerprint density at radius 3 is 2.88 bits per heavy atom. The highest BCUT2D eigenvalue weighted by molar-refractivity contribution is 7.80. The van der Waals surface area contributed by atoms with Crippen LogP contribution in [0.2, 0.25) is 5.02 Å². The van der Waals surface area contributed by atoms with Crippen molar-refractivity contribution in [1.29, 1.82) is 0 Å². The maximum Gasteiger partial charge on any atom is 0.227 e. The molecule has 0 radical (unpaired) electrons. The first kappa shape index (κ1) is 12.5. The number of benzene rings is 1. The van der Waals surface area contributed by atoms with Crippen LogP contribution in [-0.4, -0.2) is 18.2 Å². The van der Waals surface area contributed by atoms with Gasteiger partial charge < -0.3 is 10.6 Å². The van der Waals surface area contributed by atoms with Crippen molar-refractivity contribution in [2.24, 2.45) is 5.92 Å². The van der Waals surface area contributed by atoms with Crippen molar-refractivity contribution < 1.29 is 9.18 Å². The van der Waals surface area contributed by atoms with E-state index < -0.39 is 5.82 Å². The van der Waals surface area contributed by atoms with E-state index >= 15 is 0 Å². The SMILES string of the molecule is Nc1cc(F)c(Cl)cc1N1CC(CS)CC1=O. The zero-order chi connectivity index (χ0) is 12.6. The number of nitrogens with zero attached hydrogens (tertiary/aromatic N) is 1. The van der Waals surface area contributed by atoms with Gasteiger partial charge in [-0.2, -0.15) is 12.6 Å². The fraction of sp³-hybridized carbons (Fsp3) is 0.364. The lowest BCUT2D eigenvalue weighted by Crippen LogP contribution is -2.25. The summed E-state index contributed by atoms with van der Waals surface area (Å²) in [4.78, 5) is 13.3. The summed E-state index contributed by atoms with van der Waals surface area (Å²) in [6.07, 6.45) is 0.442. The fourth-order valence-corrected chi connectivity index (χ4v) is 2.32. The molecule has 1 saturated heterocycles. The van der Waals surface area contributed by atoms with Gasteiger partial charge in [0.2, 0.25) is 5.91 Å². The number of halogens is 2. The highest BCUT2D eigenvalue weighted by Crippen LogP contribution is 2.33. The highest BCUT2D eigenvalue weighted by Gasteiger charge is 2.31. The molecule has 1 aromatic carbocycles. The largest absolute Gasteiger partial charge is 0.397 e. The Labute approximate surface area is 109 Å². The summed E-state index contributed by atoms with van der Waals surface area (Å²) in [5.74, 6) is 0.231. The molecular weight excluding hydrogens is 263 g/mol. The predicted octanol–water partition coefficient (Wildman–Crippen LogP) is 2.34. The Bertz CT molecular complexity index is 469. The second-order valence-electron chi connectivity index (χ2n) is 4.08. The molecule has 1 fully saturated rings. The van der Waals surface area contributed by atoms with E-state index in [-0.39, 0.29) is 22.5 Å². The molecule has 1 atom stereocenters. The van der Waals surface area contributed by atoms with Crippen LogP contribution in [0.15, 0.2) is 12.1 Å². The molecule has 1 amide bonds. The van der Waals surface area contributed by atoms with Gasteiger partial charge in [0.05, 0.1) is 16.4 Å². The quantitative estimate of drug-likeness (QED) is 0.642. The summed E-state index contributed by atoms with van der Waals surface area (Å²) in [5, 5.41) is -0.0312. The molecule has 2 N–H and O–H groups in total. The van der Waals surface area contributed by atoms with Crippen LogP contribution < -0.4 is 10.6 Å². The normalized spacial score (nSPS) is 20.1. The van der Waals surface area contributed by atoms with Gasteiger partial charge in [-0.3, -0.25) is 4.79 Å². The summed E-state index contributed by atoms with van der Waals surface area (Å²) >= 11 is 9.87. The van der Waals surface area contributed by atoms with Crippen LogP contribution in [0, 0.1) is 11.7 Å².